The van der Waals surface area contributed by atoms with E-state index in [1.54, 1.807) is 42.5 Å². The fourth-order valence-corrected chi connectivity index (χ4v) is 5.54. The standard InChI is InChI=1S/C28H23N3O4S/c1-4-13-35-20-7-5-18(6-8-20)24-22(25(32)19-9-11-29-12-10-19)26(33)27(34)31(24)28-30-23-17(3)14-16(2)15-21(23)36-28/h4-12,14-15,24,32H,1,13H2,2-3H3/b25-22+. The number of aromatic nitrogens is 2. The van der Waals surface area contributed by atoms with Gasteiger partial charge in [-0.15, -0.1) is 0 Å². The lowest BCUT2D eigenvalue weighted by Gasteiger charge is -2.23. The summed E-state index contributed by atoms with van der Waals surface area (Å²) in [7, 11) is 0. The number of aliphatic hydroxyl groups excluding tert-OH is 1. The Morgan fingerprint density at radius 1 is 1.14 bits per heavy atom. The van der Waals surface area contributed by atoms with Crippen molar-refractivity contribution in [1.29, 1.82) is 0 Å². The number of rotatable bonds is 6. The number of hydrogen-bond donors (Lipinski definition) is 1. The van der Waals surface area contributed by atoms with Crippen LogP contribution in [0, 0.1) is 13.8 Å². The zero-order valence-corrected chi connectivity index (χ0v) is 20.6. The summed E-state index contributed by atoms with van der Waals surface area (Å²) in [4.78, 5) is 36.9. The van der Waals surface area contributed by atoms with Crippen molar-refractivity contribution in [1.82, 2.24) is 9.97 Å². The summed E-state index contributed by atoms with van der Waals surface area (Å²) in [6.07, 6.45) is 4.68. The first-order valence-electron chi connectivity index (χ1n) is 11.3. The molecule has 1 N–H and O–H groups in total. The number of ketones is 1. The highest BCUT2D eigenvalue weighted by Gasteiger charge is 2.48. The lowest BCUT2D eigenvalue weighted by atomic mass is 9.95. The highest BCUT2D eigenvalue weighted by molar-refractivity contribution is 7.22. The summed E-state index contributed by atoms with van der Waals surface area (Å²) >= 11 is 1.34. The van der Waals surface area contributed by atoms with Gasteiger partial charge in [-0.05, 0) is 60.9 Å². The van der Waals surface area contributed by atoms with Crippen LogP contribution in [-0.4, -0.2) is 33.4 Å². The second kappa shape index (κ2) is 9.39. The Labute approximate surface area is 212 Å². The van der Waals surface area contributed by atoms with Crippen LogP contribution in [0.2, 0.25) is 0 Å². The molecule has 2 aromatic carbocycles. The monoisotopic (exact) mass is 497 g/mol. The van der Waals surface area contributed by atoms with Gasteiger partial charge in [-0.1, -0.05) is 42.2 Å². The van der Waals surface area contributed by atoms with Crippen LogP contribution in [0.5, 0.6) is 5.75 Å². The number of thiazole rings is 1. The Bertz CT molecular complexity index is 1520. The molecule has 1 atom stereocenters. The third-order valence-electron chi connectivity index (χ3n) is 5.99. The lowest BCUT2D eigenvalue weighted by Crippen LogP contribution is -2.29. The van der Waals surface area contributed by atoms with Gasteiger partial charge in [0.2, 0.25) is 0 Å². The zero-order chi connectivity index (χ0) is 25.4. The number of carbonyl (C=O) groups excluding carboxylic acids is 2. The number of Topliss-reactive ketones (excluding diaryl/α,β-unsaturated/α-hetero) is 1. The maximum Gasteiger partial charge on any atom is 0.301 e. The van der Waals surface area contributed by atoms with Crippen LogP contribution in [-0.2, 0) is 9.59 Å². The summed E-state index contributed by atoms with van der Waals surface area (Å²) in [6.45, 7) is 7.98. The van der Waals surface area contributed by atoms with E-state index in [1.165, 1.54) is 28.6 Å². The van der Waals surface area contributed by atoms with Crippen LogP contribution in [0.3, 0.4) is 0 Å². The summed E-state index contributed by atoms with van der Waals surface area (Å²) in [6, 6.07) is 13.4. The van der Waals surface area contributed by atoms with Gasteiger partial charge in [0.25, 0.3) is 5.78 Å². The third kappa shape index (κ3) is 4.05. The first-order valence-corrected chi connectivity index (χ1v) is 12.1. The highest BCUT2D eigenvalue weighted by atomic mass is 32.1. The SMILES string of the molecule is C=CCOc1ccc(C2/C(=C(\O)c3ccncc3)C(=O)C(=O)N2c2nc3c(C)cc(C)cc3s2)cc1. The molecule has 3 heterocycles. The molecule has 4 aromatic rings. The van der Waals surface area contributed by atoms with Crippen LogP contribution in [0.15, 0.2) is 79.2 Å². The van der Waals surface area contributed by atoms with Gasteiger partial charge in [-0.2, -0.15) is 0 Å². The molecule has 2 aromatic heterocycles. The largest absolute Gasteiger partial charge is 0.507 e. The number of aryl methyl sites for hydroxylation is 2. The van der Waals surface area contributed by atoms with Gasteiger partial charge < -0.3 is 9.84 Å². The maximum absolute atomic E-state index is 13.4. The van der Waals surface area contributed by atoms with E-state index in [4.69, 9.17) is 9.72 Å². The van der Waals surface area contributed by atoms with Crippen molar-refractivity contribution in [3.8, 4) is 5.75 Å². The van der Waals surface area contributed by atoms with Gasteiger partial charge in [-0.3, -0.25) is 19.5 Å². The quantitative estimate of drug-likeness (QED) is 0.164. The van der Waals surface area contributed by atoms with Crippen molar-refractivity contribution in [2.24, 2.45) is 0 Å². The molecular formula is C28H23N3O4S. The van der Waals surface area contributed by atoms with Crippen LogP contribution in [0.25, 0.3) is 16.0 Å². The molecule has 0 radical (unpaired) electrons. The Morgan fingerprint density at radius 2 is 1.86 bits per heavy atom. The number of benzene rings is 2. The minimum atomic E-state index is -0.867. The van der Waals surface area contributed by atoms with Gasteiger partial charge in [0.15, 0.2) is 5.13 Å². The Hall–Kier alpha value is -4.30. The molecule has 1 amide bonds. The van der Waals surface area contributed by atoms with E-state index >= 15 is 0 Å². The van der Waals surface area contributed by atoms with E-state index in [9.17, 15) is 14.7 Å². The number of fused-ring (bicyclic) bond motifs is 1. The Balaban J connectivity index is 1.69. The minimum absolute atomic E-state index is 0.00174. The molecule has 36 heavy (non-hydrogen) atoms. The first kappa shape index (κ1) is 23.4. The molecule has 1 saturated heterocycles. The average Bonchev–Trinajstić information content (AvgIpc) is 3.42. The van der Waals surface area contributed by atoms with Crippen LogP contribution < -0.4 is 9.64 Å². The van der Waals surface area contributed by atoms with E-state index < -0.39 is 17.7 Å². The highest BCUT2D eigenvalue weighted by Crippen LogP contribution is 2.44. The van der Waals surface area contributed by atoms with Crippen molar-refractivity contribution in [3.05, 3.63) is 101 Å². The molecule has 1 aliphatic heterocycles. The number of pyridine rings is 1. The van der Waals surface area contributed by atoms with Crippen molar-refractivity contribution in [3.63, 3.8) is 0 Å². The van der Waals surface area contributed by atoms with E-state index in [2.05, 4.69) is 11.6 Å². The topological polar surface area (TPSA) is 92.6 Å². The number of ether oxygens (including phenoxy) is 1. The number of nitrogens with zero attached hydrogens (tertiary/aromatic N) is 3. The van der Waals surface area contributed by atoms with Crippen molar-refractivity contribution in [2.45, 2.75) is 19.9 Å². The van der Waals surface area contributed by atoms with Gasteiger partial charge >= 0.3 is 5.91 Å². The van der Waals surface area contributed by atoms with E-state index in [1.807, 2.05) is 26.0 Å². The molecule has 0 saturated carbocycles. The van der Waals surface area contributed by atoms with Crippen molar-refractivity contribution < 1.29 is 19.4 Å². The molecule has 0 spiro atoms. The Kier molecular flexibility index (Phi) is 6.12. The second-order valence-electron chi connectivity index (χ2n) is 8.50. The molecule has 180 valence electrons. The van der Waals surface area contributed by atoms with Gasteiger partial charge in [0.1, 0.15) is 18.1 Å². The number of hydrogen-bond acceptors (Lipinski definition) is 7. The smallest absolute Gasteiger partial charge is 0.301 e. The molecule has 5 rings (SSSR count). The number of carbonyl (C=O) groups is 2. The predicted molar refractivity (Wildman–Crippen MR) is 140 cm³/mol. The second-order valence-corrected chi connectivity index (χ2v) is 9.51. The molecule has 1 aliphatic rings. The summed E-state index contributed by atoms with van der Waals surface area (Å²) in [5, 5.41) is 11.6. The molecular weight excluding hydrogens is 474 g/mol. The fourth-order valence-electron chi connectivity index (χ4n) is 4.37. The maximum atomic E-state index is 13.4. The lowest BCUT2D eigenvalue weighted by molar-refractivity contribution is -0.132. The molecule has 7 nitrogen and oxygen atoms in total. The molecule has 0 bridgehead atoms. The van der Waals surface area contributed by atoms with Crippen LogP contribution in [0.4, 0.5) is 5.13 Å². The average molecular weight is 498 g/mol. The van der Waals surface area contributed by atoms with E-state index in [-0.39, 0.29) is 11.3 Å². The van der Waals surface area contributed by atoms with Gasteiger partial charge in [0, 0.05) is 18.0 Å². The number of aliphatic hydroxyl groups is 1. The summed E-state index contributed by atoms with van der Waals surface area (Å²) in [5.41, 5.74) is 3.89. The molecule has 1 fully saturated rings. The molecule has 0 aliphatic carbocycles. The van der Waals surface area contributed by atoms with E-state index in [0.717, 1.165) is 21.3 Å². The third-order valence-corrected chi connectivity index (χ3v) is 6.99. The predicted octanol–water partition coefficient (Wildman–Crippen LogP) is 5.50. The zero-order valence-electron chi connectivity index (χ0n) is 19.8. The van der Waals surface area contributed by atoms with Crippen LogP contribution in [0.1, 0.15) is 28.3 Å². The summed E-state index contributed by atoms with van der Waals surface area (Å²) in [5.74, 6) is -1.15. The first-order chi connectivity index (χ1) is 17.4. The van der Waals surface area contributed by atoms with Gasteiger partial charge in [-0.25, -0.2) is 4.98 Å². The van der Waals surface area contributed by atoms with E-state index in [0.29, 0.717) is 28.6 Å². The van der Waals surface area contributed by atoms with Gasteiger partial charge in [0.05, 0.1) is 21.8 Å². The minimum Gasteiger partial charge on any atom is -0.507 e. The fraction of sp³-hybridized carbons (Fsp3) is 0.143. The number of amides is 1. The van der Waals surface area contributed by atoms with Crippen LogP contribution >= 0.6 is 11.3 Å². The van der Waals surface area contributed by atoms with Crippen molar-refractivity contribution in [2.75, 3.05) is 11.5 Å². The van der Waals surface area contributed by atoms with Crippen molar-refractivity contribution >= 4 is 44.1 Å². The normalized spacial score (nSPS) is 17.1. The Morgan fingerprint density at radius 3 is 2.56 bits per heavy atom. The molecule has 8 heteroatoms. The molecule has 1 unspecified atom stereocenters. The number of anilines is 1. The summed E-state index contributed by atoms with van der Waals surface area (Å²) < 4.78 is 6.51.